The summed E-state index contributed by atoms with van der Waals surface area (Å²) in [6, 6.07) is 13.7. The van der Waals surface area contributed by atoms with E-state index in [1.807, 2.05) is 5.01 Å². The average Bonchev–Trinajstić information content (AvgIpc) is 2.91. The zero-order chi connectivity index (χ0) is 28.3. The van der Waals surface area contributed by atoms with Crippen molar-refractivity contribution >= 4 is 21.7 Å². The molecule has 4 rings (SSSR count). The highest BCUT2D eigenvalue weighted by Crippen LogP contribution is 2.21. The Morgan fingerprint density at radius 3 is 2.23 bits per heavy atom. The summed E-state index contributed by atoms with van der Waals surface area (Å²) >= 11 is 0. The van der Waals surface area contributed by atoms with Gasteiger partial charge in [0.2, 0.25) is 0 Å². The number of sulfone groups is 1. The predicted molar refractivity (Wildman–Crippen MR) is 145 cm³/mol. The number of nitrogens with zero attached hydrogens (tertiary/aromatic N) is 3. The summed E-state index contributed by atoms with van der Waals surface area (Å²) in [5.41, 5.74) is 6.27. The fourth-order valence-electron chi connectivity index (χ4n) is 4.77. The topological polar surface area (TPSA) is 123 Å². The molecule has 39 heavy (non-hydrogen) atoms. The minimum atomic E-state index is -3.39. The molecule has 2 aromatic carbocycles. The Kier molecular flexibility index (Phi) is 8.31. The van der Waals surface area contributed by atoms with Crippen LogP contribution in [0.4, 0.5) is 4.39 Å². The number of halogens is 1. The normalized spacial score (nSPS) is 14.2. The lowest BCUT2D eigenvalue weighted by Crippen LogP contribution is -2.50. The summed E-state index contributed by atoms with van der Waals surface area (Å²) in [5, 5.41) is 3.33. The Bertz CT molecular complexity index is 1560. The maximum absolute atomic E-state index is 14.1. The zero-order valence-corrected chi connectivity index (χ0v) is 22.7. The highest BCUT2D eigenvalue weighted by atomic mass is 32.2. The predicted octanol–water partition coefficient (Wildman–Crippen LogP) is 3.16. The molecular formula is C28H31FN4O5S. The fourth-order valence-corrected chi connectivity index (χ4v) is 5.40. The Hall–Kier alpha value is -3.83. The van der Waals surface area contributed by atoms with Gasteiger partial charge in [0.1, 0.15) is 12.2 Å². The fraction of sp³-hybridized carbons (Fsp3) is 0.321. The van der Waals surface area contributed by atoms with E-state index >= 15 is 0 Å². The van der Waals surface area contributed by atoms with Crippen LogP contribution in [0.3, 0.4) is 0 Å². The van der Waals surface area contributed by atoms with Gasteiger partial charge in [-0.1, -0.05) is 30.7 Å². The third-order valence-corrected chi connectivity index (χ3v) is 7.99. The molecule has 0 unspecified atom stereocenters. The molecule has 1 fully saturated rings. The molecule has 0 aliphatic carbocycles. The van der Waals surface area contributed by atoms with Gasteiger partial charge in [-0.2, -0.15) is 0 Å². The van der Waals surface area contributed by atoms with Crippen molar-refractivity contribution in [3.05, 3.63) is 92.9 Å². The lowest BCUT2D eigenvalue weighted by atomic mass is 10.1. The second-order valence-corrected chi connectivity index (χ2v) is 11.7. The molecule has 0 atom stereocenters. The molecule has 11 heteroatoms. The number of aromatic nitrogens is 1. The van der Waals surface area contributed by atoms with Gasteiger partial charge >= 0.3 is 0 Å². The summed E-state index contributed by atoms with van der Waals surface area (Å²) in [4.78, 5) is 40.3. The molecule has 0 saturated carbocycles. The first-order chi connectivity index (χ1) is 18.5. The number of pyridine rings is 1. The highest BCUT2D eigenvalue weighted by Gasteiger charge is 2.29. The molecule has 0 spiro atoms. The maximum Gasteiger partial charge on any atom is 0.274 e. The van der Waals surface area contributed by atoms with Gasteiger partial charge < -0.3 is 5.73 Å². The Labute approximate surface area is 226 Å². The zero-order valence-electron chi connectivity index (χ0n) is 21.9. The first-order valence-electron chi connectivity index (χ1n) is 12.6. The molecule has 0 bridgehead atoms. The number of alkyl halides is 1. The van der Waals surface area contributed by atoms with Crippen molar-refractivity contribution in [1.82, 2.24) is 14.6 Å². The molecule has 2 amide bonds. The Morgan fingerprint density at radius 1 is 0.974 bits per heavy atom. The maximum atomic E-state index is 14.1. The van der Waals surface area contributed by atoms with Crippen LogP contribution in [0.5, 0.6) is 0 Å². The molecule has 2 heterocycles. The van der Waals surface area contributed by atoms with Crippen molar-refractivity contribution in [3.63, 3.8) is 0 Å². The van der Waals surface area contributed by atoms with Crippen LogP contribution in [0.2, 0.25) is 0 Å². The smallest absolute Gasteiger partial charge is 0.274 e. The molecule has 1 aliphatic rings. The van der Waals surface area contributed by atoms with Crippen LogP contribution in [0.25, 0.3) is 5.69 Å². The van der Waals surface area contributed by atoms with E-state index in [1.54, 1.807) is 37.3 Å². The molecule has 1 saturated heterocycles. The molecule has 1 aromatic heterocycles. The van der Waals surface area contributed by atoms with Crippen LogP contribution < -0.4 is 11.3 Å². The van der Waals surface area contributed by atoms with Gasteiger partial charge in [-0.05, 0) is 61.2 Å². The number of rotatable bonds is 8. The van der Waals surface area contributed by atoms with Crippen molar-refractivity contribution in [3.8, 4) is 5.69 Å². The van der Waals surface area contributed by atoms with Crippen LogP contribution in [-0.2, 0) is 23.1 Å². The van der Waals surface area contributed by atoms with Crippen molar-refractivity contribution < 1.29 is 22.4 Å². The summed E-state index contributed by atoms with van der Waals surface area (Å²) in [5.74, 6) is -1.43. The van der Waals surface area contributed by atoms with E-state index in [9.17, 15) is 27.2 Å². The van der Waals surface area contributed by atoms with Crippen LogP contribution in [-0.4, -0.2) is 54.2 Å². The summed E-state index contributed by atoms with van der Waals surface area (Å²) in [6.45, 7) is 2.07. The Balaban J connectivity index is 1.83. The number of nitrogens with two attached hydrogens (primary N) is 1. The second kappa shape index (κ2) is 11.5. The van der Waals surface area contributed by atoms with Crippen LogP contribution in [0.15, 0.2) is 64.3 Å². The number of carbonyl (C=O) groups is 2. The number of benzene rings is 2. The van der Waals surface area contributed by atoms with Crippen LogP contribution in [0, 0.1) is 6.92 Å². The van der Waals surface area contributed by atoms with Gasteiger partial charge in [0.25, 0.3) is 17.4 Å². The van der Waals surface area contributed by atoms with Gasteiger partial charge in [-0.3, -0.25) is 24.0 Å². The van der Waals surface area contributed by atoms with E-state index in [4.69, 9.17) is 5.73 Å². The lowest BCUT2D eigenvalue weighted by Gasteiger charge is -2.37. The average molecular weight is 555 g/mol. The second-order valence-electron chi connectivity index (χ2n) is 9.66. The molecule has 0 radical (unpaired) electrons. The van der Waals surface area contributed by atoms with Crippen molar-refractivity contribution in [2.24, 2.45) is 5.73 Å². The van der Waals surface area contributed by atoms with E-state index in [1.165, 1.54) is 33.8 Å². The van der Waals surface area contributed by atoms with Crippen molar-refractivity contribution in [1.29, 1.82) is 0 Å². The molecule has 2 N–H and O–H groups in total. The molecule has 9 nitrogen and oxygen atoms in total. The quantitative estimate of drug-likeness (QED) is 0.456. The van der Waals surface area contributed by atoms with Crippen LogP contribution in [0.1, 0.15) is 56.8 Å². The molecule has 206 valence electrons. The SMILES string of the molecule is Cc1c(C(N)=O)cc(C(=O)N(Cc2ccc(S(C)(=O)=O)cc2)N2CCCCC2)c(=O)n1-c1cccc(CF)c1. The van der Waals surface area contributed by atoms with Gasteiger partial charge in [0.15, 0.2) is 9.84 Å². The standard InChI is InChI=1S/C28H31FN4O5S/c1-19-24(26(30)34)16-25(28(36)33(19)22-8-6-7-21(15-22)17-29)27(35)32(31-13-4-3-5-14-31)18-20-9-11-23(12-10-20)39(2,37)38/h6-12,15-16H,3-5,13-14,17-18H2,1-2H3,(H2,30,34). The van der Waals surface area contributed by atoms with E-state index in [-0.39, 0.29) is 28.3 Å². The summed E-state index contributed by atoms with van der Waals surface area (Å²) < 4.78 is 38.4. The monoisotopic (exact) mass is 554 g/mol. The van der Waals surface area contributed by atoms with Gasteiger partial charge in [0.05, 0.1) is 17.0 Å². The molecule has 3 aromatic rings. The number of piperidine rings is 1. The number of primary amides is 1. The number of hydrogen-bond acceptors (Lipinski definition) is 6. The number of hydrogen-bond donors (Lipinski definition) is 1. The minimum Gasteiger partial charge on any atom is -0.366 e. The summed E-state index contributed by atoms with van der Waals surface area (Å²) in [6.07, 6.45) is 3.85. The minimum absolute atomic E-state index is 0.000277. The van der Waals surface area contributed by atoms with Gasteiger partial charge in [0, 0.05) is 30.7 Å². The molecule has 1 aliphatic heterocycles. The first kappa shape index (κ1) is 28.2. The van der Waals surface area contributed by atoms with Crippen molar-refractivity contribution in [2.45, 2.75) is 44.3 Å². The molecular weight excluding hydrogens is 523 g/mol. The largest absolute Gasteiger partial charge is 0.366 e. The van der Waals surface area contributed by atoms with Crippen LogP contribution >= 0.6 is 0 Å². The lowest BCUT2D eigenvalue weighted by molar-refractivity contribution is -0.0268. The number of carbonyl (C=O) groups excluding carboxylic acids is 2. The van der Waals surface area contributed by atoms with E-state index in [0.717, 1.165) is 25.5 Å². The first-order valence-corrected chi connectivity index (χ1v) is 14.5. The third-order valence-electron chi connectivity index (χ3n) is 6.86. The number of hydrazine groups is 1. The van der Waals surface area contributed by atoms with Gasteiger partial charge in [-0.25, -0.2) is 17.8 Å². The number of amides is 2. The Morgan fingerprint density at radius 2 is 1.64 bits per heavy atom. The van der Waals surface area contributed by atoms with E-state index in [2.05, 4.69) is 0 Å². The summed E-state index contributed by atoms with van der Waals surface area (Å²) in [7, 11) is -3.39. The highest BCUT2D eigenvalue weighted by molar-refractivity contribution is 7.90. The van der Waals surface area contributed by atoms with Crippen molar-refractivity contribution in [2.75, 3.05) is 19.3 Å². The van der Waals surface area contributed by atoms with E-state index < -0.39 is 33.9 Å². The van der Waals surface area contributed by atoms with E-state index in [0.29, 0.717) is 29.9 Å². The van der Waals surface area contributed by atoms with Gasteiger partial charge in [-0.15, -0.1) is 0 Å². The third kappa shape index (κ3) is 6.10.